The van der Waals surface area contributed by atoms with E-state index in [1.165, 1.54) is 12.1 Å². The molecule has 96 valence electrons. The van der Waals surface area contributed by atoms with Gasteiger partial charge in [-0.05, 0) is 43.6 Å². The Morgan fingerprint density at radius 3 is 2.28 bits per heavy atom. The SMILES string of the molecule is CC(c1cc(F)cc(F)c1)C1(C#N)CCNCC1. The Bertz CT molecular complexity index is 453. The van der Waals surface area contributed by atoms with Crippen molar-refractivity contribution in [1.29, 1.82) is 5.26 Å². The second-order valence-electron chi connectivity index (χ2n) is 4.94. The zero-order valence-corrected chi connectivity index (χ0v) is 10.3. The van der Waals surface area contributed by atoms with Crippen LogP contribution in [0.1, 0.15) is 31.2 Å². The van der Waals surface area contributed by atoms with Crippen molar-refractivity contribution in [3.8, 4) is 6.07 Å². The normalized spacial score (nSPS) is 20.1. The van der Waals surface area contributed by atoms with Gasteiger partial charge in [0.15, 0.2) is 0 Å². The van der Waals surface area contributed by atoms with Crippen LogP contribution in [0.4, 0.5) is 8.78 Å². The van der Waals surface area contributed by atoms with Crippen molar-refractivity contribution in [1.82, 2.24) is 5.32 Å². The molecular formula is C14H16F2N2. The van der Waals surface area contributed by atoms with E-state index in [4.69, 9.17) is 0 Å². The van der Waals surface area contributed by atoms with Gasteiger partial charge in [-0.25, -0.2) is 8.78 Å². The molecule has 1 N–H and O–H groups in total. The quantitative estimate of drug-likeness (QED) is 0.876. The number of nitriles is 1. The lowest BCUT2D eigenvalue weighted by atomic mass is 9.68. The molecule has 1 saturated heterocycles. The molecule has 0 aromatic heterocycles. The maximum Gasteiger partial charge on any atom is 0.126 e. The average Bonchev–Trinajstić information content (AvgIpc) is 2.37. The van der Waals surface area contributed by atoms with Gasteiger partial charge in [0.1, 0.15) is 11.6 Å². The van der Waals surface area contributed by atoms with E-state index in [0.717, 1.165) is 19.2 Å². The number of rotatable bonds is 2. The fourth-order valence-electron chi connectivity index (χ4n) is 2.66. The summed E-state index contributed by atoms with van der Waals surface area (Å²) in [7, 11) is 0. The minimum atomic E-state index is -0.584. The van der Waals surface area contributed by atoms with E-state index in [0.29, 0.717) is 18.4 Å². The summed E-state index contributed by atoms with van der Waals surface area (Å²) in [6, 6.07) is 5.89. The summed E-state index contributed by atoms with van der Waals surface area (Å²) in [4.78, 5) is 0. The van der Waals surface area contributed by atoms with Gasteiger partial charge >= 0.3 is 0 Å². The molecule has 1 aliphatic rings. The summed E-state index contributed by atoms with van der Waals surface area (Å²) in [5, 5.41) is 12.7. The molecule has 1 heterocycles. The lowest BCUT2D eigenvalue weighted by molar-refractivity contribution is 0.238. The predicted molar refractivity (Wildman–Crippen MR) is 64.9 cm³/mol. The van der Waals surface area contributed by atoms with Gasteiger partial charge in [-0.3, -0.25) is 0 Å². The number of piperidine rings is 1. The van der Waals surface area contributed by atoms with Crippen molar-refractivity contribution in [2.75, 3.05) is 13.1 Å². The molecule has 0 radical (unpaired) electrons. The number of hydrogen-bond donors (Lipinski definition) is 1. The molecular weight excluding hydrogens is 234 g/mol. The average molecular weight is 250 g/mol. The van der Waals surface area contributed by atoms with Crippen LogP contribution in [-0.4, -0.2) is 13.1 Å². The third kappa shape index (κ3) is 2.37. The minimum Gasteiger partial charge on any atom is -0.317 e. The Balaban J connectivity index is 2.34. The fourth-order valence-corrected chi connectivity index (χ4v) is 2.66. The molecule has 2 nitrogen and oxygen atoms in total. The number of nitrogens with zero attached hydrogens (tertiary/aromatic N) is 1. The fraction of sp³-hybridized carbons (Fsp3) is 0.500. The summed E-state index contributed by atoms with van der Waals surface area (Å²) in [5.74, 6) is -1.34. The van der Waals surface area contributed by atoms with Gasteiger partial charge in [-0.2, -0.15) is 5.26 Å². The van der Waals surface area contributed by atoms with Crippen LogP contribution in [0.3, 0.4) is 0 Å². The van der Waals surface area contributed by atoms with Gasteiger partial charge in [-0.15, -0.1) is 0 Å². The van der Waals surface area contributed by atoms with Gasteiger partial charge in [0.05, 0.1) is 11.5 Å². The van der Waals surface area contributed by atoms with Crippen molar-refractivity contribution in [3.05, 3.63) is 35.4 Å². The van der Waals surface area contributed by atoms with Crippen LogP contribution < -0.4 is 5.32 Å². The van der Waals surface area contributed by atoms with Crippen LogP contribution in [0.15, 0.2) is 18.2 Å². The topological polar surface area (TPSA) is 35.8 Å². The zero-order valence-electron chi connectivity index (χ0n) is 10.3. The molecule has 4 heteroatoms. The van der Waals surface area contributed by atoms with Crippen molar-refractivity contribution < 1.29 is 8.78 Å². The predicted octanol–water partition coefficient (Wildman–Crippen LogP) is 2.96. The standard InChI is InChI=1S/C14H16F2N2/c1-10(11-6-12(15)8-13(16)7-11)14(9-17)2-4-18-5-3-14/h6-8,10,18H,2-5H2,1H3. The highest BCUT2D eigenvalue weighted by Gasteiger charge is 2.38. The molecule has 2 rings (SSSR count). The van der Waals surface area contributed by atoms with Crippen molar-refractivity contribution in [3.63, 3.8) is 0 Å². The van der Waals surface area contributed by atoms with E-state index in [2.05, 4.69) is 11.4 Å². The van der Waals surface area contributed by atoms with Crippen molar-refractivity contribution >= 4 is 0 Å². The highest BCUT2D eigenvalue weighted by molar-refractivity contribution is 5.26. The van der Waals surface area contributed by atoms with E-state index in [1.807, 2.05) is 6.92 Å². The van der Waals surface area contributed by atoms with E-state index in [9.17, 15) is 14.0 Å². The number of nitrogens with one attached hydrogen (secondary N) is 1. The first-order valence-electron chi connectivity index (χ1n) is 6.15. The molecule has 18 heavy (non-hydrogen) atoms. The molecule has 0 bridgehead atoms. The van der Waals surface area contributed by atoms with Crippen LogP contribution in [0.5, 0.6) is 0 Å². The second kappa shape index (κ2) is 5.03. The highest BCUT2D eigenvalue weighted by Crippen LogP contribution is 2.42. The van der Waals surface area contributed by atoms with Crippen molar-refractivity contribution in [2.24, 2.45) is 5.41 Å². The maximum atomic E-state index is 13.2. The first kappa shape index (κ1) is 13.0. The smallest absolute Gasteiger partial charge is 0.126 e. The molecule has 0 saturated carbocycles. The Labute approximate surface area is 106 Å². The molecule has 0 spiro atoms. The number of benzene rings is 1. The van der Waals surface area contributed by atoms with Gasteiger partial charge in [0.2, 0.25) is 0 Å². The minimum absolute atomic E-state index is 0.171. The van der Waals surface area contributed by atoms with Crippen LogP contribution in [-0.2, 0) is 0 Å². The summed E-state index contributed by atoms with van der Waals surface area (Å²) < 4.78 is 26.5. The Hall–Kier alpha value is -1.47. The Morgan fingerprint density at radius 2 is 1.78 bits per heavy atom. The molecule has 1 aromatic carbocycles. The second-order valence-corrected chi connectivity index (χ2v) is 4.94. The highest BCUT2D eigenvalue weighted by atomic mass is 19.1. The molecule has 0 aliphatic carbocycles. The van der Waals surface area contributed by atoms with Gasteiger partial charge < -0.3 is 5.32 Å². The van der Waals surface area contributed by atoms with Gasteiger partial charge in [-0.1, -0.05) is 6.92 Å². The van der Waals surface area contributed by atoms with Gasteiger partial charge in [0, 0.05) is 12.0 Å². The van der Waals surface area contributed by atoms with E-state index in [1.54, 1.807) is 0 Å². The van der Waals surface area contributed by atoms with Crippen molar-refractivity contribution in [2.45, 2.75) is 25.7 Å². The third-order valence-electron chi connectivity index (χ3n) is 3.93. The van der Waals surface area contributed by atoms with Crippen LogP contribution in [0, 0.1) is 28.4 Å². The van der Waals surface area contributed by atoms with E-state index < -0.39 is 17.0 Å². The number of halogens is 2. The molecule has 1 unspecified atom stereocenters. The Morgan fingerprint density at radius 1 is 1.22 bits per heavy atom. The Kier molecular flexibility index (Phi) is 3.63. The van der Waals surface area contributed by atoms with E-state index >= 15 is 0 Å². The first-order chi connectivity index (χ1) is 8.57. The van der Waals surface area contributed by atoms with Crippen LogP contribution >= 0.6 is 0 Å². The molecule has 0 amide bonds. The first-order valence-corrected chi connectivity index (χ1v) is 6.15. The van der Waals surface area contributed by atoms with Crippen LogP contribution in [0.25, 0.3) is 0 Å². The molecule has 1 aliphatic heterocycles. The monoisotopic (exact) mass is 250 g/mol. The van der Waals surface area contributed by atoms with Gasteiger partial charge in [0.25, 0.3) is 0 Å². The zero-order chi connectivity index (χ0) is 13.2. The molecule has 1 fully saturated rings. The summed E-state index contributed by atoms with van der Waals surface area (Å²) >= 11 is 0. The maximum absolute atomic E-state index is 13.2. The van der Waals surface area contributed by atoms with Crippen LogP contribution in [0.2, 0.25) is 0 Å². The molecule has 1 aromatic rings. The number of hydrogen-bond acceptors (Lipinski definition) is 2. The largest absolute Gasteiger partial charge is 0.317 e. The van der Waals surface area contributed by atoms with E-state index in [-0.39, 0.29) is 5.92 Å². The third-order valence-corrected chi connectivity index (χ3v) is 3.93. The lowest BCUT2D eigenvalue weighted by Gasteiger charge is -2.36. The lowest BCUT2D eigenvalue weighted by Crippen LogP contribution is -2.39. The summed E-state index contributed by atoms with van der Waals surface area (Å²) in [6.45, 7) is 3.42. The summed E-state index contributed by atoms with van der Waals surface area (Å²) in [5.41, 5.74) is 0.0434. The summed E-state index contributed by atoms with van der Waals surface area (Å²) in [6.07, 6.45) is 1.42. The molecule has 1 atom stereocenters.